The molecule has 36 heavy (non-hydrogen) atoms. The maximum Gasteiger partial charge on any atom is 0.299 e. The van der Waals surface area contributed by atoms with Crippen LogP contribution in [0.2, 0.25) is 5.15 Å². The second kappa shape index (κ2) is 9.77. The molecule has 11 heteroatoms. The Labute approximate surface area is 212 Å². The lowest BCUT2D eigenvalue weighted by molar-refractivity contribution is 0.102. The fourth-order valence-corrected chi connectivity index (χ4v) is 4.91. The lowest BCUT2D eigenvalue weighted by Gasteiger charge is -2.29. The van der Waals surface area contributed by atoms with Gasteiger partial charge in [-0.25, -0.2) is 15.0 Å². The van der Waals surface area contributed by atoms with Crippen LogP contribution in [0.4, 0.5) is 17.5 Å². The molecule has 10 nitrogen and oxygen atoms in total. The molecule has 0 spiro atoms. The van der Waals surface area contributed by atoms with Crippen molar-refractivity contribution in [3.05, 3.63) is 41.5 Å². The van der Waals surface area contributed by atoms with Crippen molar-refractivity contribution in [3.8, 4) is 11.5 Å². The van der Waals surface area contributed by atoms with Gasteiger partial charge in [-0.15, -0.1) is 0 Å². The molecule has 6 rings (SSSR count). The van der Waals surface area contributed by atoms with Crippen LogP contribution in [0.1, 0.15) is 49.0 Å². The zero-order valence-corrected chi connectivity index (χ0v) is 20.5. The summed E-state index contributed by atoms with van der Waals surface area (Å²) >= 11 is 5.97. The van der Waals surface area contributed by atoms with E-state index in [2.05, 4.69) is 30.1 Å². The van der Waals surface area contributed by atoms with Gasteiger partial charge in [-0.2, -0.15) is 4.98 Å². The highest BCUT2D eigenvalue weighted by Gasteiger charge is 2.24. The Balaban J connectivity index is 1.31. The molecule has 0 bridgehead atoms. The molecular weight excluding hydrogens is 482 g/mol. The molecule has 0 aliphatic carbocycles. The second-order valence-electron chi connectivity index (χ2n) is 9.13. The molecule has 0 saturated carbocycles. The van der Waals surface area contributed by atoms with E-state index in [9.17, 15) is 4.79 Å². The predicted octanol–water partition coefficient (Wildman–Crippen LogP) is 5.16. The number of rotatable bonds is 5. The fraction of sp³-hybridized carbons (Fsp3) is 0.400. The van der Waals surface area contributed by atoms with E-state index in [0.29, 0.717) is 39.5 Å². The van der Waals surface area contributed by atoms with E-state index >= 15 is 0 Å². The van der Waals surface area contributed by atoms with E-state index in [0.717, 1.165) is 51.9 Å². The highest BCUT2D eigenvalue weighted by Crippen LogP contribution is 2.33. The number of pyridine rings is 2. The van der Waals surface area contributed by atoms with E-state index in [1.54, 1.807) is 18.3 Å². The van der Waals surface area contributed by atoms with Gasteiger partial charge in [-0.05, 0) is 50.7 Å². The first-order chi connectivity index (χ1) is 17.6. The normalized spacial score (nSPS) is 16.5. The maximum atomic E-state index is 13.2. The fourth-order valence-electron chi connectivity index (χ4n) is 4.73. The molecule has 4 aromatic rings. The van der Waals surface area contributed by atoms with Crippen LogP contribution < -0.4 is 15.1 Å². The minimum atomic E-state index is -0.402. The van der Waals surface area contributed by atoms with Crippen LogP contribution >= 0.6 is 11.6 Å². The number of halogens is 1. The van der Waals surface area contributed by atoms with Crippen molar-refractivity contribution in [2.45, 2.75) is 38.5 Å². The summed E-state index contributed by atoms with van der Waals surface area (Å²) in [7, 11) is 0. The summed E-state index contributed by atoms with van der Waals surface area (Å²) in [6.07, 6.45) is 9.69. The summed E-state index contributed by atoms with van der Waals surface area (Å²) < 4.78 is 11.6. The van der Waals surface area contributed by atoms with Gasteiger partial charge in [0, 0.05) is 44.0 Å². The van der Waals surface area contributed by atoms with Crippen LogP contribution in [0.15, 0.2) is 39.5 Å². The third-order valence-corrected chi connectivity index (χ3v) is 6.80. The van der Waals surface area contributed by atoms with Gasteiger partial charge in [0.2, 0.25) is 11.5 Å². The van der Waals surface area contributed by atoms with Gasteiger partial charge in [0.15, 0.2) is 17.1 Å². The van der Waals surface area contributed by atoms with Gasteiger partial charge in [0.25, 0.3) is 11.9 Å². The minimum Gasteiger partial charge on any atom is -0.444 e. The number of anilines is 3. The zero-order valence-electron chi connectivity index (χ0n) is 19.7. The van der Waals surface area contributed by atoms with Crippen molar-refractivity contribution in [1.29, 1.82) is 0 Å². The lowest BCUT2D eigenvalue weighted by Crippen LogP contribution is -2.31. The Hall–Kier alpha value is -3.66. The Morgan fingerprint density at radius 2 is 1.69 bits per heavy atom. The van der Waals surface area contributed by atoms with E-state index in [1.165, 1.54) is 19.1 Å². The molecule has 1 amide bonds. The van der Waals surface area contributed by atoms with Crippen LogP contribution in [0.5, 0.6) is 0 Å². The number of amides is 1. The number of nitrogens with zero attached hydrogens (tertiary/aromatic N) is 6. The first-order valence-electron chi connectivity index (χ1n) is 12.3. The van der Waals surface area contributed by atoms with Crippen LogP contribution in [-0.4, -0.2) is 52.0 Å². The summed E-state index contributed by atoms with van der Waals surface area (Å²) in [5.41, 5.74) is 2.44. The summed E-state index contributed by atoms with van der Waals surface area (Å²) in [5, 5.41) is 3.29. The van der Waals surface area contributed by atoms with Gasteiger partial charge in [0.1, 0.15) is 11.4 Å². The quantitative estimate of drug-likeness (QED) is 0.366. The molecule has 0 unspecified atom stereocenters. The Morgan fingerprint density at radius 3 is 2.44 bits per heavy atom. The molecule has 0 atom stereocenters. The smallest absolute Gasteiger partial charge is 0.299 e. The second-order valence-corrected chi connectivity index (χ2v) is 9.52. The summed E-state index contributed by atoms with van der Waals surface area (Å²) in [6, 6.07) is 5.75. The molecule has 4 aromatic heterocycles. The van der Waals surface area contributed by atoms with Crippen molar-refractivity contribution >= 4 is 46.3 Å². The van der Waals surface area contributed by atoms with Crippen molar-refractivity contribution in [1.82, 2.24) is 19.9 Å². The summed E-state index contributed by atoms with van der Waals surface area (Å²) in [5.74, 6) is 0.578. The number of hydrogen-bond acceptors (Lipinski definition) is 9. The van der Waals surface area contributed by atoms with Gasteiger partial charge < -0.3 is 24.0 Å². The summed E-state index contributed by atoms with van der Waals surface area (Å²) in [4.78, 5) is 35.4. The number of aromatic nitrogens is 4. The number of piperidine rings is 2. The van der Waals surface area contributed by atoms with Crippen molar-refractivity contribution < 1.29 is 13.6 Å². The van der Waals surface area contributed by atoms with Crippen molar-refractivity contribution in [3.63, 3.8) is 0 Å². The van der Waals surface area contributed by atoms with Crippen LogP contribution in [-0.2, 0) is 0 Å². The highest BCUT2D eigenvalue weighted by atomic mass is 35.5. The molecule has 2 fully saturated rings. The molecule has 2 aliphatic heterocycles. The Bertz CT molecular complexity index is 1390. The van der Waals surface area contributed by atoms with E-state index < -0.39 is 5.91 Å². The third-order valence-electron chi connectivity index (χ3n) is 6.59. The first kappa shape index (κ1) is 22.8. The molecule has 6 heterocycles. The van der Waals surface area contributed by atoms with Crippen molar-refractivity contribution in [2.75, 3.05) is 41.3 Å². The number of carbonyl (C=O) groups excluding carboxylic acids is 1. The van der Waals surface area contributed by atoms with Crippen LogP contribution in [0.3, 0.4) is 0 Å². The highest BCUT2D eigenvalue weighted by molar-refractivity contribution is 6.29. The molecule has 0 aromatic carbocycles. The van der Waals surface area contributed by atoms with Gasteiger partial charge in [-0.1, -0.05) is 11.6 Å². The average Bonchev–Trinajstić information content (AvgIpc) is 3.57. The van der Waals surface area contributed by atoms with E-state index in [-0.39, 0.29) is 11.6 Å². The molecule has 0 radical (unpaired) electrons. The van der Waals surface area contributed by atoms with E-state index in [1.807, 2.05) is 6.07 Å². The van der Waals surface area contributed by atoms with E-state index in [4.69, 9.17) is 25.4 Å². The summed E-state index contributed by atoms with van der Waals surface area (Å²) in [6.45, 7) is 3.59. The monoisotopic (exact) mass is 507 g/mol. The topological polar surface area (TPSA) is 113 Å². The third kappa shape index (κ3) is 4.60. The number of oxazole rings is 2. The number of nitrogens with one attached hydrogen (secondary N) is 1. The molecule has 2 aliphatic rings. The standard InChI is InChI=1S/C25H26ClN7O3/c26-20-13-16(7-8-27-20)24-29-18(15-35-24)23(34)28-17-14-19-21(30-22(17)32-9-3-1-4-10-32)31-25(36-19)33-11-5-2-6-12-33/h7-8,13-15H,1-6,9-12H2,(H,28,34). The average molecular weight is 508 g/mol. The Kier molecular flexibility index (Phi) is 6.18. The van der Waals surface area contributed by atoms with Gasteiger partial charge in [-0.3, -0.25) is 4.79 Å². The molecule has 2 saturated heterocycles. The van der Waals surface area contributed by atoms with Gasteiger partial charge >= 0.3 is 0 Å². The number of hydrogen-bond donors (Lipinski definition) is 1. The van der Waals surface area contributed by atoms with Crippen LogP contribution in [0, 0.1) is 0 Å². The lowest BCUT2D eigenvalue weighted by atomic mass is 10.1. The SMILES string of the molecule is O=C(Nc1cc2oc(N3CCCCC3)nc2nc1N1CCCCC1)c1coc(-c2ccnc(Cl)c2)n1. The minimum absolute atomic E-state index is 0.147. The first-order valence-corrected chi connectivity index (χ1v) is 12.7. The molecular formula is C25H26ClN7O3. The largest absolute Gasteiger partial charge is 0.444 e. The predicted molar refractivity (Wildman–Crippen MR) is 137 cm³/mol. The van der Waals surface area contributed by atoms with Gasteiger partial charge in [0.05, 0.1) is 5.69 Å². The number of fused-ring (bicyclic) bond motifs is 1. The Morgan fingerprint density at radius 1 is 0.944 bits per heavy atom. The molecule has 186 valence electrons. The maximum absolute atomic E-state index is 13.2. The van der Waals surface area contributed by atoms with Crippen molar-refractivity contribution in [2.24, 2.45) is 0 Å². The molecule has 1 N–H and O–H groups in total. The van der Waals surface area contributed by atoms with Crippen LogP contribution in [0.25, 0.3) is 22.7 Å². The number of carbonyl (C=O) groups is 1. The zero-order chi connectivity index (χ0) is 24.5.